The van der Waals surface area contributed by atoms with Gasteiger partial charge < -0.3 is 68.5 Å². The zero-order valence-electron chi connectivity index (χ0n) is 23.6. The lowest BCUT2D eigenvalue weighted by molar-refractivity contribution is -0.247. The van der Waals surface area contributed by atoms with Crippen LogP contribution < -0.4 is 18.9 Å². The van der Waals surface area contributed by atoms with Crippen molar-refractivity contribution in [2.45, 2.75) is 48.2 Å². The average Bonchev–Trinajstić information content (AvgIpc) is 3.63. The number of hydrogen-bond donors (Lipinski definition) is 6. The molecule has 6 N–H and O–H groups in total. The van der Waals surface area contributed by atoms with Gasteiger partial charge in [0.15, 0.2) is 40.5 Å². The van der Waals surface area contributed by atoms with Gasteiger partial charge in [0.25, 0.3) is 0 Å². The Morgan fingerprint density at radius 3 is 2.51 bits per heavy atom. The molecule has 0 amide bonds. The molecule has 4 heterocycles. The molecule has 5 aliphatic rings. The first-order chi connectivity index (χ1) is 21.6. The lowest BCUT2D eigenvalue weighted by Crippen LogP contribution is -2.50. The summed E-state index contributed by atoms with van der Waals surface area (Å²) in [6, 6.07) is 8.08. The molecule has 3 aromatic rings. The Balaban J connectivity index is 1.27. The van der Waals surface area contributed by atoms with Crippen LogP contribution in [-0.4, -0.2) is 112 Å². The molecule has 0 spiro atoms. The summed E-state index contributed by atoms with van der Waals surface area (Å²) in [4.78, 5) is 13.3. The van der Waals surface area contributed by atoms with Crippen molar-refractivity contribution < 1.29 is 73.3 Å². The highest BCUT2D eigenvalue weighted by molar-refractivity contribution is 6.14. The first-order valence-electron chi connectivity index (χ1n) is 14.0. The van der Waals surface area contributed by atoms with Crippen molar-refractivity contribution in [1.29, 1.82) is 0 Å². The van der Waals surface area contributed by atoms with E-state index < -0.39 is 67.4 Å². The predicted octanol–water partition coefficient (Wildman–Crippen LogP) is -0.343. The molecule has 0 aromatic heterocycles. The highest BCUT2D eigenvalue weighted by Crippen LogP contribution is 2.61. The van der Waals surface area contributed by atoms with E-state index in [-0.39, 0.29) is 36.2 Å². The number of fused-ring (bicyclic) bond motifs is 4. The maximum atomic E-state index is 13.3. The fourth-order valence-electron chi connectivity index (χ4n) is 6.63. The maximum absolute atomic E-state index is 13.3. The summed E-state index contributed by atoms with van der Waals surface area (Å²) in [7, 11) is 1.38. The molecular weight excluding hydrogens is 600 g/mol. The Morgan fingerprint density at radius 1 is 0.978 bits per heavy atom. The Bertz CT molecular complexity index is 1760. The molecule has 3 aromatic carbocycles. The Morgan fingerprint density at radius 2 is 1.78 bits per heavy atom. The van der Waals surface area contributed by atoms with E-state index in [1.807, 2.05) is 0 Å². The third-order valence-corrected chi connectivity index (χ3v) is 9.24. The van der Waals surface area contributed by atoms with Crippen molar-refractivity contribution in [2.75, 3.05) is 33.7 Å². The maximum Gasteiger partial charge on any atom is 0.339 e. The number of aliphatic hydroxyl groups is 5. The van der Waals surface area contributed by atoms with E-state index in [0.29, 0.717) is 39.0 Å². The Hall–Kier alpha value is -3.93. The van der Waals surface area contributed by atoms with Crippen molar-refractivity contribution in [3.05, 3.63) is 41.5 Å². The molecule has 8 rings (SSSR count). The minimum Gasteiger partial charge on any atom is -0.504 e. The lowest BCUT2D eigenvalue weighted by atomic mass is 9.89. The summed E-state index contributed by atoms with van der Waals surface area (Å²) >= 11 is 0. The first-order valence-corrected chi connectivity index (χ1v) is 14.0. The van der Waals surface area contributed by atoms with Crippen LogP contribution in [0.1, 0.15) is 15.9 Å². The van der Waals surface area contributed by atoms with Crippen molar-refractivity contribution in [1.82, 2.24) is 0 Å². The van der Waals surface area contributed by atoms with Crippen molar-refractivity contribution >= 4 is 16.7 Å². The SMILES string of the molecule is COc1cc2c(-c3ccc4c(c3)OCO4)c3c(c(O[C@@H]4OC[C@]5(O)C(O)[C@@]45O[C@@H]4OC[C@](O)(CO)[C@H]4O)c2cc1O)COC3=O. The van der Waals surface area contributed by atoms with Gasteiger partial charge in [-0.1, -0.05) is 6.07 Å². The standard InChI is InChI=1S/C30H28O15/c1-38-18-6-13-14(5-16(18)32)22(15-7-39-24(34)21(15)20(13)12-2-3-17-19(4-12)43-11-42-17)44-27-30(26(35)29(30,37)10-41-27)45-25-23(33)28(36,8-31)9-40-25/h2-6,23,25-27,31-33,35-37H,7-11H2,1H3/t23-,25-,26?,27-,28+,29-,30+/m0/s1. The van der Waals surface area contributed by atoms with Crippen LogP contribution in [0.4, 0.5) is 0 Å². The summed E-state index contributed by atoms with van der Waals surface area (Å²) in [6.07, 6.45) is -6.43. The van der Waals surface area contributed by atoms with Gasteiger partial charge in [0, 0.05) is 16.5 Å². The van der Waals surface area contributed by atoms with Gasteiger partial charge in [-0.25, -0.2) is 4.79 Å². The second-order valence-electron chi connectivity index (χ2n) is 11.7. The number of phenols is 1. The fourth-order valence-corrected chi connectivity index (χ4v) is 6.63. The van der Waals surface area contributed by atoms with Crippen LogP contribution in [0.5, 0.6) is 28.7 Å². The average molecular weight is 629 g/mol. The predicted molar refractivity (Wildman–Crippen MR) is 146 cm³/mol. The topological polar surface area (TPSA) is 212 Å². The van der Waals surface area contributed by atoms with Crippen LogP contribution in [0.2, 0.25) is 0 Å². The number of ether oxygens (including phenoxy) is 8. The number of carbonyl (C=O) groups is 1. The molecule has 1 unspecified atom stereocenters. The summed E-state index contributed by atoms with van der Waals surface area (Å²) < 4.78 is 45.2. The van der Waals surface area contributed by atoms with Gasteiger partial charge in [0.1, 0.15) is 30.2 Å². The van der Waals surface area contributed by atoms with Gasteiger partial charge in [-0.2, -0.15) is 0 Å². The van der Waals surface area contributed by atoms with Gasteiger partial charge in [-0.15, -0.1) is 0 Å². The number of aromatic hydroxyl groups is 1. The van der Waals surface area contributed by atoms with Crippen molar-refractivity contribution in [3.8, 4) is 39.9 Å². The molecule has 15 nitrogen and oxygen atoms in total. The zero-order valence-corrected chi connectivity index (χ0v) is 23.6. The normalized spacial score (nSPS) is 34.1. The monoisotopic (exact) mass is 628 g/mol. The van der Waals surface area contributed by atoms with Crippen LogP contribution in [0.15, 0.2) is 30.3 Å². The number of methoxy groups -OCH3 is 1. The van der Waals surface area contributed by atoms with E-state index in [9.17, 15) is 35.4 Å². The second-order valence-corrected chi connectivity index (χ2v) is 11.7. The number of esters is 1. The van der Waals surface area contributed by atoms with Gasteiger partial charge in [-0.05, 0) is 35.2 Å². The van der Waals surface area contributed by atoms with Crippen molar-refractivity contribution in [3.63, 3.8) is 0 Å². The minimum absolute atomic E-state index is 0.0318. The Labute approximate surface area is 253 Å². The number of cyclic esters (lactones) is 1. The van der Waals surface area contributed by atoms with E-state index >= 15 is 0 Å². The van der Waals surface area contributed by atoms with Gasteiger partial charge >= 0.3 is 5.97 Å². The zero-order chi connectivity index (χ0) is 31.5. The number of phenolic OH excluding ortho intramolecular Hbond substituents is 1. The summed E-state index contributed by atoms with van der Waals surface area (Å²) in [5.74, 6) is 0.244. The first kappa shape index (κ1) is 28.5. The summed E-state index contributed by atoms with van der Waals surface area (Å²) in [6.45, 7) is -1.92. The molecule has 2 saturated heterocycles. The smallest absolute Gasteiger partial charge is 0.339 e. The minimum atomic E-state index is -2.04. The Kier molecular flexibility index (Phi) is 6.05. The number of hydrogen-bond acceptors (Lipinski definition) is 15. The fraction of sp³-hybridized carbons (Fsp3) is 0.433. The summed E-state index contributed by atoms with van der Waals surface area (Å²) in [5.41, 5.74) is -4.56. The highest BCUT2D eigenvalue weighted by Gasteiger charge is 2.88. The number of benzene rings is 3. The number of rotatable bonds is 7. The molecule has 7 atom stereocenters. The van der Waals surface area contributed by atoms with Crippen LogP contribution in [-0.2, 0) is 25.6 Å². The number of aliphatic hydroxyl groups excluding tert-OH is 3. The van der Waals surface area contributed by atoms with E-state index in [0.717, 1.165) is 0 Å². The molecule has 0 radical (unpaired) electrons. The molecule has 4 aliphatic heterocycles. The van der Waals surface area contributed by atoms with Crippen LogP contribution >= 0.6 is 0 Å². The second kappa shape index (κ2) is 9.54. The quantitative estimate of drug-likeness (QED) is 0.185. The van der Waals surface area contributed by atoms with E-state index in [4.69, 9.17) is 37.9 Å². The third kappa shape index (κ3) is 3.71. The molecule has 45 heavy (non-hydrogen) atoms. The highest BCUT2D eigenvalue weighted by atomic mass is 16.8. The largest absolute Gasteiger partial charge is 0.504 e. The van der Waals surface area contributed by atoms with E-state index in [1.54, 1.807) is 18.2 Å². The van der Waals surface area contributed by atoms with E-state index in [2.05, 4.69) is 0 Å². The molecule has 3 fully saturated rings. The number of carbonyl (C=O) groups excluding carboxylic acids is 1. The van der Waals surface area contributed by atoms with Gasteiger partial charge in [-0.3, -0.25) is 0 Å². The molecule has 15 heteroatoms. The molecule has 1 aliphatic carbocycles. The van der Waals surface area contributed by atoms with Crippen LogP contribution in [0, 0.1) is 0 Å². The molecule has 0 bridgehead atoms. The van der Waals surface area contributed by atoms with E-state index in [1.165, 1.54) is 19.2 Å². The molecular formula is C30H28O15. The van der Waals surface area contributed by atoms with Crippen LogP contribution in [0.3, 0.4) is 0 Å². The van der Waals surface area contributed by atoms with Crippen LogP contribution in [0.25, 0.3) is 21.9 Å². The molecule has 1 saturated carbocycles. The van der Waals surface area contributed by atoms with Gasteiger partial charge in [0.05, 0.1) is 32.5 Å². The molecule has 238 valence electrons. The van der Waals surface area contributed by atoms with Crippen molar-refractivity contribution in [2.24, 2.45) is 0 Å². The lowest BCUT2D eigenvalue weighted by Gasteiger charge is -2.30. The summed E-state index contributed by atoms with van der Waals surface area (Å²) in [5, 5.41) is 64.3. The van der Waals surface area contributed by atoms with Gasteiger partial charge in [0.2, 0.25) is 13.1 Å². The third-order valence-electron chi connectivity index (χ3n) is 9.24.